The molecule has 5 nitrogen and oxygen atoms in total. The lowest BCUT2D eigenvalue weighted by Crippen LogP contribution is -2.38. The van der Waals surface area contributed by atoms with E-state index in [2.05, 4.69) is 10.3 Å². The molecule has 0 unspecified atom stereocenters. The van der Waals surface area contributed by atoms with Crippen molar-refractivity contribution in [3.8, 4) is 0 Å². The van der Waals surface area contributed by atoms with Gasteiger partial charge in [0.05, 0.1) is 6.10 Å². The number of nitrogens with two attached hydrogens (primary N) is 1. The van der Waals surface area contributed by atoms with Crippen molar-refractivity contribution in [1.82, 2.24) is 10.3 Å². The Hall–Kier alpha value is -1.14. The van der Waals surface area contributed by atoms with E-state index in [1.807, 2.05) is 0 Å². The van der Waals surface area contributed by atoms with Gasteiger partial charge >= 0.3 is 0 Å². The molecule has 6 heteroatoms. The van der Waals surface area contributed by atoms with Crippen LogP contribution in [0.1, 0.15) is 36.2 Å². The van der Waals surface area contributed by atoms with E-state index in [4.69, 9.17) is 5.73 Å². The Morgan fingerprint density at radius 2 is 2.19 bits per heavy atom. The van der Waals surface area contributed by atoms with Crippen LogP contribution in [0.2, 0.25) is 0 Å². The zero-order valence-corrected chi connectivity index (χ0v) is 9.67. The molecule has 0 bridgehead atoms. The van der Waals surface area contributed by atoms with Crippen molar-refractivity contribution >= 4 is 22.4 Å². The first-order valence-electron chi connectivity index (χ1n) is 5.35. The number of amides is 1. The number of nitrogen functional groups attached to an aromatic ring is 1. The summed E-state index contributed by atoms with van der Waals surface area (Å²) in [4.78, 5) is 15.6. The van der Waals surface area contributed by atoms with Gasteiger partial charge in [0.15, 0.2) is 5.13 Å². The first kappa shape index (κ1) is 11.3. The number of hydrogen-bond acceptors (Lipinski definition) is 5. The highest BCUT2D eigenvalue weighted by Gasteiger charge is 2.21. The van der Waals surface area contributed by atoms with E-state index >= 15 is 0 Å². The monoisotopic (exact) mass is 241 g/mol. The Kier molecular flexibility index (Phi) is 3.40. The SMILES string of the molecule is Nc1nc(C(=O)NC2CCC(O)CC2)cs1. The second-order valence-corrected chi connectivity index (χ2v) is 4.94. The number of rotatable bonds is 2. The van der Waals surface area contributed by atoms with E-state index in [9.17, 15) is 9.90 Å². The van der Waals surface area contributed by atoms with Crippen LogP contribution in [-0.4, -0.2) is 28.1 Å². The summed E-state index contributed by atoms with van der Waals surface area (Å²) in [6.07, 6.45) is 2.95. The van der Waals surface area contributed by atoms with Crippen LogP contribution in [0.5, 0.6) is 0 Å². The van der Waals surface area contributed by atoms with E-state index in [1.165, 1.54) is 11.3 Å². The molecule has 0 radical (unpaired) electrons. The molecule has 1 aromatic rings. The van der Waals surface area contributed by atoms with Gasteiger partial charge < -0.3 is 16.2 Å². The predicted molar refractivity (Wildman–Crippen MR) is 62.3 cm³/mol. The summed E-state index contributed by atoms with van der Waals surface area (Å²) in [5, 5.41) is 14.3. The molecule has 0 saturated heterocycles. The van der Waals surface area contributed by atoms with Crippen molar-refractivity contribution in [2.75, 3.05) is 5.73 Å². The number of aliphatic hydroxyl groups is 1. The molecule has 0 atom stereocenters. The third-order valence-corrected chi connectivity index (χ3v) is 3.46. The van der Waals surface area contributed by atoms with Gasteiger partial charge in [-0.15, -0.1) is 11.3 Å². The highest BCUT2D eigenvalue weighted by Crippen LogP contribution is 2.19. The molecule has 88 valence electrons. The van der Waals surface area contributed by atoms with Gasteiger partial charge in [-0.25, -0.2) is 4.98 Å². The molecular formula is C10H15N3O2S. The zero-order valence-electron chi connectivity index (χ0n) is 8.85. The summed E-state index contributed by atoms with van der Waals surface area (Å²) < 4.78 is 0. The Labute approximate surface area is 97.7 Å². The molecule has 4 N–H and O–H groups in total. The molecule has 1 aliphatic carbocycles. The summed E-state index contributed by atoms with van der Waals surface area (Å²) in [7, 11) is 0. The van der Waals surface area contributed by atoms with Gasteiger partial charge in [-0.2, -0.15) is 0 Å². The molecule has 0 aromatic carbocycles. The average molecular weight is 241 g/mol. The highest BCUT2D eigenvalue weighted by molar-refractivity contribution is 7.13. The second kappa shape index (κ2) is 4.80. The maximum Gasteiger partial charge on any atom is 0.271 e. The Morgan fingerprint density at radius 1 is 1.50 bits per heavy atom. The normalized spacial score (nSPS) is 25.3. The fourth-order valence-corrected chi connectivity index (χ4v) is 2.41. The maximum atomic E-state index is 11.7. The van der Waals surface area contributed by atoms with Crippen LogP contribution in [-0.2, 0) is 0 Å². The van der Waals surface area contributed by atoms with Crippen molar-refractivity contribution in [2.24, 2.45) is 0 Å². The van der Waals surface area contributed by atoms with Crippen molar-refractivity contribution < 1.29 is 9.90 Å². The Balaban J connectivity index is 1.88. The first-order chi connectivity index (χ1) is 7.65. The maximum absolute atomic E-state index is 11.7. The number of aromatic nitrogens is 1. The first-order valence-corrected chi connectivity index (χ1v) is 6.23. The number of carbonyl (C=O) groups is 1. The van der Waals surface area contributed by atoms with Gasteiger partial charge in [-0.1, -0.05) is 0 Å². The van der Waals surface area contributed by atoms with Crippen LogP contribution in [0, 0.1) is 0 Å². The van der Waals surface area contributed by atoms with Gasteiger partial charge in [-0.05, 0) is 25.7 Å². The molecule has 1 heterocycles. The summed E-state index contributed by atoms with van der Waals surface area (Å²) >= 11 is 1.26. The zero-order chi connectivity index (χ0) is 11.5. The molecule has 2 rings (SSSR count). The fourth-order valence-electron chi connectivity index (χ4n) is 1.87. The summed E-state index contributed by atoms with van der Waals surface area (Å²) in [5.74, 6) is -0.172. The number of hydrogen-bond donors (Lipinski definition) is 3. The quantitative estimate of drug-likeness (QED) is 0.713. The molecule has 1 aromatic heterocycles. The number of thiazole rings is 1. The smallest absolute Gasteiger partial charge is 0.271 e. The number of carbonyl (C=O) groups excluding carboxylic acids is 1. The third-order valence-electron chi connectivity index (χ3n) is 2.79. The van der Waals surface area contributed by atoms with Crippen LogP contribution in [0.3, 0.4) is 0 Å². The number of aliphatic hydroxyl groups excluding tert-OH is 1. The van der Waals surface area contributed by atoms with Gasteiger partial charge in [0.25, 0.3) is 5.91 Å². The molecule has 1 saturated carbocycles. The van der Waals surface area contributed by atoms with Crippen molar-refractivity contribution in [2.45, 2.75) is 37.8 Å². The van der Waals surface area contributed by atoms with Crippen LogP contribution in [0.15, 0.2) is 5.38 Å². The van der Waals surface area contributed by atoms with Crippen molar-refractivity contribution in [1.29, 1.82) is 0 Å². The number of anilines is 1. The molecule has 1 fully saturated rings. The minimum atomic E-state index is -0.205. The largest absolute Gasteiger partial charge is 0.393 e. The Morgan fingerprint density at radius 3 is 2.75 bits per heavy atom. The van der Waals surface area contributed by atoms with Crippen molar-refractivity contribution in [3.05, 3.63) is 11.1 Å². The standard InChI is InChI=1S/C10H15N3O2S/c11-10-13-8(5-16-10)9(15)12-6-1-3-7(14)4-2-6/h5-7,14H,1-4H2,(H2,11,13)(H,12,15). The number of nitrogens with one attached hydrogen (secondary N) is 1. The topological polar surface area (TPSA) is 88.2 Å². The van der Waals surface area contributed by atoms with E-state index in [1.54, 1.807) is 5.38 Å². The molecule has 16 heavy (non-hydrogen) atoms. The van der Waals surface area contributed by atoms with Crippen LogP contribution in [0.25, 0.3) is 0 Å². The van der Waals surface area contributed by atoms with Crippen LogP contribution in [0.4, 0.5) is 5.13 Å². The van der Waals surface area contributed by atoms with Gasteiger partial charge in [0, 0.05) is 11.4 Å². The third kappa shape index (κ3) is 2.70. The van der Waals surface area contributed by atoms with Crippen LogP contribution >= 0.6 is 11.3 Å². The molecule has 1 amide bonds. The minimum Gasteiger partial charge on any atom is -0.393 e. The molecular weight excluding hydrogens is 226 g/mol. The summed E-state index contributed by atoms with van der Waals surface area (Å²) in [6.45, 7) is 0. The van der Waals surface area contributed by atoms with Crippen molar-refractivity contribution in [3.63, 3.8) is 0 Å². The predicted octanol–water partition coefficient (Wildman–Crippen LogP) is 0.759. The minimum absolute atomic E-state index is 0.152. The Bertz CT molecular complexity index is 372. The molecule has 1 aliphatic rings. The highest BCUT2D eigenvalue weighted by atomic mass is 32.1. The van der Waals surface area contributed by atoms with Gasteiger partial charge in [-0.3, -0.25) is 4.79 Å². The lowest BCUT2D eigenvalue weighted by Gasteiger charge is -2.25. The fraction of sp³-hybridized carbons (Fsp3) is 0.600. The summed E-state index contributed by atoms with van der Waals surface area (Å²) in [5.41, 5.74) is 5.85. The van der Waals surface area contributed by atoms with Gasteiger partial charge in [0.2, 0.25) is 0 Å². The lowest BCUT2D eigenvalue weighted by atomic mass is 9.93. The average Bonchev–Trinajstić information content (AvgIpc) is 2.68. The van der Waals surface area contributed by atoms with Gasteiger partial charge in [0.1, 0.15) is 5.69 Å². The van der Waals surface area contributed by atoms with Crippen LogP contribution < -0.4 is 11.1 Å². The van der Waals surface area contributed by atoms with E-state index in [0.29, 0.717) is 10.8 Å². The molecule has 0 spiro atoms. The number of nitrogens with zero attached hydrogens (tertiary/aromatic N) is 1. The van der Waals surface area contributed by atoms with E-state index in [-0.39, 0.29) is 18.1 Å². The van der Waals surface area contributed by atoms with E-state index in [0.717, 1.165) is 25.7 Å². The molecule has 0 aliphatic heterocycles. The summed E-state index contributed by atoms with van der Waals surface area (Å²) in [6, 6.07) is 0.152. The van der Waals surface area contributed by atoms with E-state index < -0.39 is 0 Å². The second-order valence-electron chi connectivity index (χ2n) is 4.05. The lowest BCUT2D eigenvalue weighted by molar-refractivity contribution is 0.0864.